The van der Waals surface area contributed by atoms with Gasteiger partial charge in [-0.1, -0.05) is 11.3 Å². The summed E-state index contributed by atoms with van der Waals surface area (Å²) in [6.07, 6.45) is 0. The van der Waals surface area contributed by atoms with E-state index in [1.54, 1.807) is 0 Å². The van der Waals surface area contributed by atoms with Crippen molar-refractivity contribution in [2.45, 2.75) is 4.90 Å². The van der Waals surface area contributed by atoms with Crippen LogP contribution in [-0.4, -0.2) is 18.6 Å². The summed E-state index contributed by atoms with van der Waals surface area (Å²) in [6.45, 7) is 0. The lowest BCUT2D eigenvalue weighted by Gasteiger charge is -2.07. The van der Waals surface area contributed by atoms with Gasteiger partial charge in [-0.15, -0.1) is 10.2 Å². The molecular weight excluding hydrogens is 286 g/mol. The lowest BCUT2D eigenvalue weighted by molar-refractivity contribution is 0.557. The number of nitrogens with one attached hydrogen (secondary N) is 1. The Labute approximate surface area is 105 Å². The molecule has 0 saturated heterocycles. The van der Waals surface area contributed by atoms with Crippen LogP contribution in [-0.2, 0) is 10.0 Å². The van der Waals surface area contributed by atoms with E-state index in [1.165, 1.54) is 5.51 Å². The third kappa shape index (κ3) is 2.24. The molecule has 0 aliphatic heterocycles. The Morgan fingerprint density at radius 1 is 1.33 bits per heavy atom. The maximum absolute atomic E-state index is 13.6. The molecule has 3 N–H and O–H groups in total. The number of aromatic nitrogens is 2. The van der Waals surface area contributed by atoms with E-state index in [0.29, 0.717) is 0 Å². The van der Waals surface area contributed by atoms with E-state index in [9.17, 15) is 17.2 Å². The van der Waals surface area contributed by atoms with Crippen LogP contribution >= 0.6 is 11.3 Å². The van der Waals surface area contributed by atoms with Crippen molar-refractivity contribution in [3.05, 3.63) is 29.3 Å². The molecule has 0 aliphatic carbocycles. The largest absolute Gasteiger partial charge is 0.394 e. The molecule has 6 nitrogen and oxygen atoms in total. The second-order valence-electron chi connectivity index (χ2n) is 3.12. The van der Waals surface area contributed by atoms with E-state index in [1.807, 2.05) is 4.72 Å². The zero-order chi connectivity index (χ0) is 13.3. The van der Waals surface area contributed by atoms with Crippen molar-refractivity contribution in [1.29, 1.82) is 0 Å². The number of anilines is 2. The predicted molar refractivity (Wildman–Crippen MR) is 61.5 cm³/mol. The highest BCUT2D eigenvalue weighted by atomic mass is 32.2. The van der Waals surface area contributed by atoms with Crippen molar-refractivity contribution < 1.29 is 17.2 Å². The van der Waals surface area contributed by atoms with Crippen LogP contribution in [0.2, 0.25) is 0 Å². The van der Waals surface area contributed by atoms with Crippen molar-refractivity contribution in [3.8, 4) is 0 Å². The first-order chi connectivity index (χ1) is 8.42. The normalized spacial score (nSPS) is 11.4. The lowest BCUT2D eigenvalue weighted by Crippen LogP contribution is -2.15. The molecule has 0 aliphatic rings. The zero-order valence-electron chi connectivity index (χ0n) is 8.59. The molecule has 1 heterocycles. The molecule has 0 fully saturated rings. The minimum absolute atomic E-state index is 0.0303. The van der Waals surface area contributed by atoms with Crippen molar-refractivity contribution in [3.63, 3.8) is 0 Å². The van der Waals surface area contributed by atoms with Crippen molar-refractivity contribution in [2.75, 3.05) is 10.5 Å². The Morgan fingerprint density at radius 2 is 2.06 bits per heavy atom. The van der Waals surface area contributed by atoms with Gasteiger partial charge < -0.3 is 5.73 Å². The first-order valence-electron chi connectivity index (χ1n) is 4.44. The Hall–Kier alpha value is -1.81. The number of nitrogens with zero attached hydrogens (tertiary/aromatic N) is 2. The Bertz CT molecular complexity index is 673. The summed E-state index contributed by atoms with van der Waals surface area (Å²) in [5.74, 6) is -2.37. The summed E-state index contributed by atoms with van der Waals surface area (Å²) in [6, 6.07) is 1.55. The van der Waals surface area contributed by atoms with Gasteiger partial charge in [0.05, 0.1) is 0 Å². The van der Waals surface area contributed by atoms with Crippen molar-refractivity contribution >= 4 is 32.2 Å². The van der Waals surface area contributed by atoms with Gasteiger partial charge in [-0.3, -0.25) is 4.72 Å². The smallest absolute Gasteiger partial charge is 0.266 e. The van der Waals surface area contributed by atoms with Gasteiger partial charge in [-0.2, -0.15) is 0 Å². The summed E-state index contributed by atoms with van der Waals surface area (Å²) in [5, 5.41) is 6.83. The number of nitrogens with two attached hydrogens (primary N) is 1. The fourth-order valence-corrected chi connectivity index (χ4v) is 2.93. The van der Waals surface area contributed by atoms with Gasteiger partial charge in [-0.25, -0.2) is 17.2 Å². The Kier molecular flexibility index (Phi) is 3.13. The molecule has 2 rings (SSSR count). The second kappa shape index (κ2) is 4.46. The molecule has 2 aromatic rings. The van der Waals surface area contributed by atoms with Crippen LogP contribution in [0, 0.1) is 11.6 Å². The van der Waals surface area contributed by atoms with Gasteiger partial charge in [-0.05, 0) is 12.1 Å². The summed E-state index contributed by atoms with van der Waals surface area (Å²) in [4.78, 5) is -0.753. The van der Waals surface area contributed by atoms with Gasteiger partial charge >= 0.3 is 0 Å². The second-order valence-corrected chi connectivity index (χ2v) is 5.61. The Morgan fingerprint density at radius 3 is 2.67 bits per heavy atom. The number of rotatable bonds is 3. The number of sulfonamides is 1. The van der Waals surface area contributed by atoms with Crippen molar-refractivity contribution in [2.24, 2.45) is 0 Å². The third-order valence-corrected chi connectivity index (χ3v) is 4.05. The van der Waals surface area contributed by atoms with Crippen molar-refractivity contribution in [1.82, 2.24) is 10.2 Å². The average molecular weight is 292 g/mol. The molecule has 0 atom stereocenters. The monoisotopic (exact) mass is 292 g/mol. The third-order valence-electron chi connectivity index (χ3n) is 1.96. The molecule has 1 aromatic heterocycles. The van der Waals surface area contributed by atoms with Gasteiger partial charge in [0.1, 0.15) is 21.9 Å². The molecule has 0 radical (unpaired) electrons. The molecule has 0 unspecified atom stereocenters. The Balaban J connectivity index is 2.45. The van der Waals surface area contributed by atoms with Crippen LogP contribution in [0.4, 0.5) is 19.6 Å². The van der Waals surface area contributed by atoms with Gasteiger partial charge in [0.15, 0.2) is 5.82 Å². The van der Waals surface area contributed by atoms with Crippen LogP contribution < -0.4 is 10.5 Å². The molecule has 96 valence electrons. The summed E-state index contributed by atoms with van der Waals surface area (Å²) in [7, 11) is -4.22. The van der Waals surface area contributed by atoms with Crippen LogP contribution in [0.5, 0.6) is 0 Å². The summed E-state index contributed by atoms with van der Waals surface area (Å²) >= 11 is 0.917. The fourth-order valence-electron chi connectivity index (χ4n) is 1.14. The molecule has 0 spiro atoms. The fraction of sp³-hybridized carbons (Fsp3) is 0. The highest BCUT2D eigenvalue weighted by Gasteiger charge is 2.23. The summed E-state index contributed by atoms with van der Waals surface area (Å²) in [5.41, 5.74) is 5.53. The lowest BCUT2D eigenvalue weighted by atomic mass is 10.3. The SMILES string of the molecule is Nc1c(F)ccc(S(=O)(=O)Nc2nncs2)c1F. The van der Waals surface area contributed by atoms with E-state index >= 15 is 0 Å². The summed E-state index contributed by atoms with van der Waals surface area (Å²) < 4.78 is 52.1. The number of benzene rings is 1. The maximum atomic E-state index is 13.6. The number of halogens is 2. The van der Waals surface area contributed by atoms with Crippen LogP contribution in [0.3, 0.4) is 0 Å². The highest BCUT2D eigenvalue weighted by Crippen LogP contribution is 2.24. The zero-order valence-corrected chi connectivity index (χ0v) is 10.2. The standard InChI is InChI=1S/C8H6F2N4O2S2/c9-4-1-2-5(6(10)7(4)11)18(15,16)14-8-13-12-3-17-8/h1-3H,11H2,(H,13,14). The molecule has 0 amide bonds. The minimum Gasteiger partial charge on any atom is -0.394 e. The van der Waals surface area contributed by atoms with E-state index in [0.717, 1.165) is 23.5 Å². The van der Waals surface area contributed by atoms with Crippen LogP contribution in [0.15, 0.2) is 22.5 Å². The predicted octanol–water partition coefficient (Wildman–Crippen LogP) is 1.20. The van der Waals surface area contributed by atoms with Gasteiger partial charge in [0.25, 0.3) is 10.0 Å². The van der Waals surface area contributed by atoms with E-state index in [2.05, 4.69) is 10.2 Å². The minimum atomic E-state index is -4.22. The van der Waals surface area contributed by atoms with E-state index < -0.39 is 32.2 Å². The van der Waals surface area contributed by atoms with Crippen LogP contribution in [0.25, 0.3) is 0 Å². The topological polar surface area (TPSA) is 98.0 Å². The molecule has 18 heavy (non-hydrogen) atoms. The molecule has 10 heteroatoms. The molecule has 0 bridgehead atoms. The quantitative estimate of drug-likeness (QED) is 0.828. The molecule has 0 saturated carbocycles. The van der Waals surface area contributed by atoms with E-state index in [-0.39, 0.29) is 5.13 Å². The van der Waals surface area contributed by atoms with Crippen LogP contribution in [0.1, 0.15) is 0 Å². The maximum Gasteiger partial charge on any atom is 0.266 e. The number of hydrogen-bond donors (Lipinski definition) is 2. The molecule has 1 aromatic carbocycles. The van der Waals surface area contributed by atoms with Gasteiger partial charge in [0, 0.05) is 0 Å². The van der Waals surface area contributed by atoms with E-state index in [4.69, 9.17) is 5.73 Å². The number of nitrogen functional groups attached to an aromatic ring is 1. The number of hydrogen-bond acceptors (Lipinski definition) is 6. The molecular formula is C8H6F2N4O2S2. The highest BCUT2D eigenvalue weighted by molar-refractivity contribution is 7.93. The first kappa shape index (κ1) is 12.6. The average Bonchev–Trinajstić information content (AvgIpc) is 2.77. The van der Waals surface area contributed by atoms with Gasteiger partial charge in [0.2, 0.25) is 5.13 Å². The first-order valence-corrected chi connectivity index (χ1v) is 6.80.